The summed E-state index contributed by atoms with van der Waals surface area (Å²) in [7, 11) is 0. The van der Waals surface area contributed by atoms with E-state index in [-0.39, 0.29) is 5.91 Å². The molecule has 0 saturated carbocycles. The molecule has 0 aliphatic carbocycles. The van der Waals surface area contributed by atoms with E-state index >= 15 is 0 Å². The third-order valence-corrected chi connectivity index (χ3v) is 3.10. The summed E-state index contributed by atoms with van der Waals surface area (Å²) in [5.74, 6) is 0.0194. The molecule has 1 amide bonds. The van der Waals surface area contributed by atoms with Gasteiger partial charge >= 0.3 is 0 Å². The number of H-pyrrole nitrogens is 1. The van der Waals surface area contributed by atoms with Crippen LogP contribution < -0.4 is 4.90 Å². The Morgan fingerprint density at radius 2 is 2.24 bits per heavy atom. The standard InChI is InChI=1S/C13H13N3O/c17-13(11-8-14-15-9-11)16-7-3-5-10-4-1-2-6-12(10)16/h1-2,4,6,8-9H,3,5,7H2,(H,14,15). The van der Waals surface area contributed by atoms with E-state index in [0.717, 1.165) is 25.1 Å². The molecule has 86 valence electrons. The minimum Gasteiger partial charge on any atom is -0.308 e. The van der Waals surface area contributed by atoms with E-state index in [1.54, 1.807) is 12.4 Å². The second-order valence-electron chi connectivity index (χ2n) is 4.18. The summed E-state index contributed by atoms with van der Waals surface area (Å²) in [6.07, 6.45) is 5.27. The minimum atomic E-state index is 0.0194. The molecule has 0 spiro atoms. The second kappa shape index (κ2) is 4.05. The number of anilines is 1. The van der Waals surface area contributed by atoms with Gasteiger partial charge in [0.25, 0.3) is 5.91 Å². The normalized spacial score (nSPS) is 14.5. The minimum absolute atomic E-state index is 0.0194. The number of aromatic amines is 1. The van der Waals surface area contributed by atoms with Crippen LogP contribution in [0.1, 0.15) is 22.3 Å². The second-order valence-corrected chi connectivity index (χ2v) is 4.18. The fraction of sp³-hybridized carbons (Fsp3) is 0.231. The summed E-state index contributed by atoms with van der Waals surface area (Å²) in [6.45, 7) is 0.779. The molecule has 1 aliphatic rings. The fourth-order valence-corrected chi connectivity index (χ4v) is 2.27. The van der Waals surface area contributed by atoms with E-state index in [1.165, 1.54) is 5.56 Å². The van der Waals surface area contributed by atoms with Crippen LogP contribution in [0.3, 0.4) is 0 Å². The topological polar surface area (TPSA) is 49.0 Å². The number of carbonyl (C=O) groups is 1. The summed E-state index contributed by atoms with van der Waals surface area (Å²) in [6, 6.07) is 8.08. The highest BCUT2D eigenvalue weighted by molar-refractivity contribution is 6.06. The molecular formula is C13H13N3O. The molecule has 4 heteroatoms. The van der Waals surface area contributed by atoms with E-state index in [4.69, 9.17) is 0 Å². The maximum atomic E-state index is 12.3. The lowest BCUT2D eigenvalue weighted by Gasteiger charge is -2.29. The fourth-order valence-electron chi connectivity index (χ4n) is 2.27. The highest BCUT2D eigenvalue weighted by atomic mass is 16.2. The number of nitrogens with zero attached hydrogens (tertiary/aromatic N) is 2. The largest absolute Gasteiger partial charge is 0.308 e. The van der Waals surface area contributed by atoms with Gasteiger partial charge in [-0.2, -0.15) is 5.10 Å². The van der Waals surface area contributed by atoms with Crippen molar-refractivity contribution in [3.05, 3.63) is 47.8 Å². The average Bonchev–Trinajstić information content (AvgIpc) is 2.91. The number of amides is 1. The first-order chi connectivity index (χ1) is 8.36. The quantitative estimate of drug-likeness (QED) is 0.810. The Morgan fingerprint density at radius 1 is 1.35 bits per heavy atom. The van der Waals surface area contributed by atoms with Gasteiger partial charge in [0.05, 0.1) is 11.8 Å². The lowest BCUT2D eigenvalue weighted by molar-refractivity contribution is 0.0985. The van der Waals surface area contributed by atoms with Crippen molar-refractivity contribution in [2.75, 3.05) is 11.4 Å². The molecule has 3 rings (SSSR count). The van der Waals surface area contributed by atoms with Gasteiger partial charge in [-0.05, 0) is 24.5 Å². The number of nitrogens with one attached hydrogen (secondary N) is 1. The number of rotatable bonds is 1. The molecule has 0 saturated heterocycles. The number of hydrogen-bond acceptors (Lipinski definition) is 2. The first kappa shape index (κ1) is 10.1. The predicted molar refractivity (Wildman–Crippen MR) is 65.0 cm³/mol. The van der Waals surface area contributed by atoms with Crippen molar-refractivity contribution in [3.63, 3.8) is 0 Å². The summed E-state index contributed by atoms with van der Waals surface area (Å²) in [5.41, 5.74) is 2.89. The number of hydrogen-bond donors (Lipinski definition) is 1. The van der Waals surface area contributed by atoms with Gasteiger partial charge in [0.15, 0.2) is 0 Å². The van der Waals surface area contributed by atoms with Crippen molar-refractivity contribution in [3.8, 4) is 0 Å². The molecule has 1 aliphatic heterocycles. The van der Waals surface area contributed by atoms with Gasteiger partial charge in [0, 0.05) is 18.4 Å². The summed E-state index contributed by atoms with van der Waals surface area (Å²) in [4.78, 5) is 14.1. The van der Waals surface area contributed by atoms with E-state index < -0.39 is 0 Å². The van der Waals surface area contributed by atoms with Crippen LogP contribution in [0.2, 0.25) is 0 Å². The Kier molecular flexibility index (Phi) is 2.40. The van der Waals surface area contributed by atoms with Crippen LogP contribution in [0, 0.1) is 0 Å². The number of benzene rings is 1. The molecule has 1 aromatic carbocycles. The van der Waals surface area contributed by atoms with Crippen molar-refractivity contribution < 1.29 is 4.79 Å². The van der Waals surface area contributed by atoms with Crippen LogP contribution in [0.4, 0.5) is 5.69 Å². The molecule has 1 aromatic heterocycles. The summed E-state index contributed by atoms with van der Waals surface area (Å²) >= 11 is 0. The molecule has 2 aromatic rings. The van der Waals surface area contributed by atoms with Crippen LogP contribution >= 0.6 is 0 Å². The number of fused-ring (bicyclic) bond motifs is 1. The van der Waals surface area contributed by atoms with Gasteiger partial charge in [-0.3, -0.25) is 9.89 Å². The number of para-hydroxylation sites is 1. The summed E-state index contributed by atoms with van der Waals surface area (Å²) in [5, 5.41) is 6.50. The van der Waals surface area contributed by atoms with E-state index in [0.29, 0.717) is 5.56 Å². The van der Waals surface area contributed by atoms with E-state index in [2.05, 4.69) is 16.3 Å². The Balaban J connectivity index is 1.98. The van der Waals surface area contributed by atoms with Gasteiger partial charge in [0.2, 0.25) is 0 Å². The third kappa shape index (κ3) is 1.71. The first-order valence-electron chi connectivity index (χ1n) is 5.75. The molecular weight excluding hydrogens is 214 g/mol. The Bertz CT molecular complexity index is 533. The number of carbonyl (C=O) groups excluding carboxylic acids is 1. The van der Waals surface area contributed by atoms with Crippen molar-refractivity contribution in [2.45, 2.75) is 12.8 Å². The van der Waals surface area contributed by atoms with Gasteiger partial charge in [-0.15, -0.1) is 0 Å². The molecule has 0 unspecified atom stereocenters. The zero-order chi connectivity index (χ0) is 11.7. The average molecular weight is 227 g/mol. The summed E-state index contributed by atoms with van der Waals surface area (Å²) < 4.78 is 0. The Labute approximate surface area is 99.3 Å². The molecule has 0 bridgehead atoms. The highest BCUT2D eigenvalue weighted by Gasteiger charge is 2.23. The smallest absolute Gasteiger partial charge is 0.261 e. The zero-order valence-corrected chi connectivity index (χ0v) is 9.39. The maximum Gasteiger partial charge on any atom is 0.261 e. The lowest BCUT2D eigenvalue weighted by atomic mass is 10.0. The van der Waals surface area contributed by atoms with Gasteiger partial charge in [0.1, 0.15) is 0 Å². The molecule has 4 nitrogen and oxygen atoms in total. The van der Waals surface area contributed by atoms with Crippen LogP contribution in [0.15, 0.2) is 36.7 Å². The van der Waals surface area contributed by atoms with Crippen molar-refractivity contribution in [1.29, 1.82) is 0 Å². The first-order valence-corrected chi connectivity index (χ1v) is 5.75. The SMILES string of the molecule is O=C(c1cn[nH]c1)N1CCCc2ccccc21. The van der Waals surface area contributed by atoms with Gasteiger partial charge in [-0.25, -0.2) is 0 Å². The van der Waals surface area contributed by atoms with Crippen molar-refractivity contribution >= 4 is 11.6 Å². The molecule has 0 fully saturated rings. The number of aromatic nitrogens is 2. The molecule has 1 N–H and O–H groups in total. The van der Waals surface area contributed by atoms with Crippen LogP contribution in [-0.2, 0) is 6.42 Å². The van der Waals surface area contributed by atoms with Gasteiger partial charge < -0.3 is 4.90 Å². The monoisotopic (exact) mass is 227 g/mol. The highest BCUT2D eigenvalue weighted by Crippen LogP contribution is 2.27. The molecule has 2 heterocycles. The zero-order valence-electron chi connectivity index (χ0n) is 9.39. The van der Waals surface area contributed by atoms with Crippen LogP contribution in [-0.4, -0.2) is 22.6 Å². The lowest BCUT2D eigenvalue weighted by Crippen LogP contribution is -2.35. The van der Waals surface area contributed by atoms with Gasteiger partial charge in [-0.1, -0.05) is 18.2 Å². The van der Waals surface area contributed by atoms with E-state index in [9.17, 15) is 4.79 Å². The number of aryl methyl sites for hydroxylation is 1. The van der Waals surface area contributed by atoms with Crippen LogP contribution in [0.25, 0.3) is 0 Å². The van der Waals surface area contributed by atoms with Crippen molar-refractivity contribution in [2.24, 2.45) is 0 Å². The predicted octanol–water partition coefficient (Wildman–Crippen LogP) is 2.00. The van der Waals surface area contributed by atoms with Crippen molar-refractivity contribution in [1.82, 2.24) is 10.2 Å². The Morgan fingerprint density at radius 3 is 3.06 bits per heavy atom. The molecule has 0 radical (unpaired) electrons. The third-order valence-electron chi connectivity index (χ3n) is 3.10. The van der Waals surface area contributed by atoms with Crippen LogP contribution in [0.5, 0.6) is 0 Å². The molecule has 0 atom stereocenters. The molecule has 17 heavy (non-hydrogen) atoms. The van der Waals surface area contributed by atoms with E-state index in [1.807, 2.05) is 23.1 Å². The maximum absolute atomic E-state index is 12.3. The Hall–Kier alpha value is -2.10.